The molecule has 1 heterocycles. The van der Waals surface area contributed by atoms with Crippen LogP contribution in [0.5, 0.6) is 0 Å². The summed E-state index contributed by atoms with van der Waals surface area (Å²) in [6.45, 7) is 11.6. The Hall–Kier alpha value is -0.340. The van der Waals surface area contributed by atoms with Gasteiger partial charge in [-0.1, -0.05) is 13.0 Å². The van der Waals surface area contributed by atoms with Gasteiger partial charge < -0.3 is 5.32 Å². The molecule has 1 N–H and O–H groups in total. The molecule has 1 aliphatic rings. The highest BCUT2D eigenvalue weighted by Crippen LogP contribution is 2.07. The minimum Gasteiger partial charge on any atom is -0.311 e. The Morgan fingerprint density at radius 2 is 2.42 bits per heavy atom. The zero-order valence-corrected chi connectivity index (χ0v) is 8.21. The normalized spacial score (nSPS) is 31.8. The van der Waals surface area contributed by atoms with Crippen LogP contribution < -0.4 is 5.32 Å². The van der Waals surface area contributed by atoms with Crippen LogP contribution in [0.3, 0.4) is 0 Å². The third-order valence-corrected chi connectivity index (χ3v) is 2.64. The molecule has 0 aromatic rings. The molecule has 0 aromatic heterocycles. The number of nitrogens with one attached hydrogen (secondary N) is 1. The average molecular weight is 168 g/mol. The summed E-state index contributed by atoms with van der Waals surface area (Å²) >= 11 is 0. The van der Waals surface area contributed by atoms with Gasteiger partial charge in [0.2, 0.25) is 0 Å². The maximum Gasteiger partial charge on any atom is 0.0196 e. The Morgan fingerprint density at radius 1 is 1.67 bits per heavy atom. The minimum atomic E-state index is 0.658. The van der Waals surface area contributed by atoms with Gasteiger partial charge in [0.25, 0.3) is 0 Å². The summed E-state index contributed by atoms with van der Waals surface area (Å²) in [5.41, 5.74) is 0. The van der Waals surface area contributed by atoms with Gasteiger partial charge in [0.05, 0.1) is 0 Å². The molecule has 2 nitrogen and oxygen atoms in total. The summed E-state index contributed by atoms with van der Waals surface area (Å²) in [6, 6.07) is 1.34. The SMILES string of the molecule is C=CCN1CC(CC)NCC1C. The summed E-state index contributed by atoms with van der Waals surface area (Å²) in [6.07, 6.45) is 3.22. The van der Waals surface area contributed by atoms with Gasteiger partial charge in [-0.3, -0.25) is 4.90 Å². The van der Waals surface area contributed by atoms with E-state index < -0.39 is 0 Å². The highest BCUT2D eigenvalue weighted by atomic mass is 15.2. The van der Waals surface area contributed by atoms with Crippen LogP contribution in [0, 0.1) is 0 Å². The van der Waals surface area contributed by atoms with Crippen molar-refractivity contribution < 1.29 is 0 Å². The van der Waals surface area contributed by atoms with Crippen molar-refractivity contribution in [3.05, 3.63) is 12.7 Å². The van der Waals surface area contributed by atoms with Crippen molar-refractivity contribution in [3.63, 3.8) is 0 Å². The van der Waals surface area contributed by atoms with Crippen molar-refractivity contribution >= 4 is 0 Å². The van der Waals surface area contributed by atoms with Crippen LogP contribution in [-0.4, -0.2) is 36.6 Å². The summed E-state index contributed by atoms with van der Waals surface area (Å²) in [5.74, 6) is 0. The molecule has 0 saturated carbocycles. The third kappa shape index (κ3) is 2.32. The second-order valence-electron chi connectivity index (χ2n) is 3.61. The summed E-state index contributed by atoms with van der Waals surface area (Å²) in [5, 5.41) is 3.53. The number of piperazine rings is 1. The number of nitrogens with zero attached hydrogens (tertiary/aromatic N) is 1. The van der Waals surface area contributed by atoms with Crippen molar-refractivity contribution in [3.8, 4) is 0 Å². The van der Waals surface area contributed by atoms with Gasteiger partial charge in [0.15, 0.2) is 0 Å². The maximum absolute atomic E-state index is 3.78. The van der Waals surface area contributed by atoms with Crippen LogP contribution in [0.25, 0.3) is 0 Å². The molecule has 1 fully saturated rings. The van der Waals surface area contributed by atoms with Crippen molar-refractivity contribution in [2.45, 2.75) is 32.4 Å². The fourth-order valence-electron chi connectivity index (χ4n) is 1.69. The van der Waals surface area contributed by atoms with E-state index in [1.165, 1.54) is 13.0 Å². The van der Waals surface area contributed by atoms with Crippen LogP contribution in [0.15, 0.2) is 12.7 Å². The molecular weight excluding hydrogens is 148 g/mol. The zero-order chi connectivity index (χ0) is 8.97. The Labute approximate surface area is 75.6 Å². The maximum atomic E-state index is 3.78. The number of hydrogen-bond acceptors (Lipinski definition) is 2. The first-order valence-electron chi connectivity index (χ1n) is 4.86. The lowest BCUT2D eigenvalue weighted by molar-refractivity contribution is 0.154. The lowest BCUT2D eigenvalue weighted by Gasteiger charge is -2.37. The Balaban J connectivity index is 2.41. The van der Waals surface area contributed by atoms with E-state index in [0.717, 1.165) is 13.1 Å². The molecule has 0 bridgehead atoms. The van der Waals surface area contributed by atoms with Gasteiger partial charge in [0.1, 0.15) is 0 Å². The fraction of sp³-hybridized carbons (Fsp3) is 0.800. The van der Waals surface area contributed by atoms with Gasteiger partial charge >= 0.3 is 0 Å². The topological polar surface area (TPSA) is 15.3 Å². The zero-order valence-electron chi connectivity index (χ0n) is 8.21. The molecule has 0 spiro atoms. The van der Waals surface area contributed by atoms with Crippen LogP contribution in [0.4, 0.5) is 0 Å². The Bertz CT molecular complexity index is 145. The van der Waals surface area contributed by atoms with Gasteiger partial charge in [-0.05, 0) is 13.3 Å². The lowest BCUT2D eigenvalue weighted by Crippen LogP contribution is -2.55. The summed E-state index contributed by atoms with van der Waals surface area (Å²) in [4.78, 5) is 2.48. The van der Waals surface area contributed by atoms with E-state index in [0.29, 0.717) is 12.1 Å². The summed E-state index contributed by atoms with van der Waals surface area (Å²) < 4.78 is 0. The molecule has 70 valence electrons. The highest BCUT2D eigenvalue weighted by molar-refractivity contribution is 4.86. The van der Waals surface area contributed by atoms with Crippen molar-refractivity contribution in [2.75, 3.05) is 19.6 Å². The Kier molecular flexibility index (Phi) is 3.76. The van der Waals surface area contributed by atoms with Gasteiger partial charge in [-0.25, -0.2) is 0 Å². The predicted octanol–water partition coefficient (Wildman–Crippen LogP) is 1.24. The third-order valence-electron chi connectivity index (χ3n) is 2.64. The van der Waals surface area contributed by atoms with Crippen molar-refractivity contribution in [2.24, 2.45) is 0 Å². The van der Waals surface area contributed by atoms with Crippen LogP contribution in [0.2, 0.25) is 0 Å². The van der Waals surface area contributed by atoms with Crippen LogP contribution in [-0.2, 0) is 0 Å². The standard InChI is InChI=1S/C10H20N2/c1-4-6-12-8-10(5-2)11-7-9(12)3/h4,9-11H,1,5-8H2,2-3H3. The first-order chi connectivity index (χ1) is 5.77. The lowest BCUT2D eigenvalue weighted by atomic mass is 10.1. The van der Waals surface area contributed by atoms with Crippen molar-refractivity contribution in [1.29, 1.82) is 0 Å². The van der Waals surface area contributed by atoms with Crippen LogP contribution >= 0.6 is 0 Å². The van der Waals surface area contributed by atoms with E-state index in [1.807, 2.05) is 6.08 Å². The number of rotatable bonds is 3. The second kappa shape index (κ2) is 4.63. The highest BCUT2D eigenvalue weighted by Gasteiger charge is 2.22. The molecule has 1 saturated heterocycles. The van der Waals surface area contributed by atoms with Gasteiger partial charge in [-0.2, -0.15) is 0 Å². The smallest absolute Gasteiger partial charge is 0.0196 e. The monoisotopic (exact) mass is 168 g/mol. The first-order valence-corrected chi connectivity index (χ1v) is 4.86. The fourth-order valence-corrected chi connectivity index (χ4v) is 1.69. The molecule has 2 unspecified atom stereocenters. The predicted molar refractivity (Wildman–Crippen MR) is 53.3 cm³/mol. The molecule has 12 heavy (non-hydrogen) atoms. The molecule has 0 amide bonds. The minimum absolute atomic E-state index is 0.658. The second-order valence-corrected chi connectivity index (χ2v) is 3.61. The average Bonchev–Trinajstić information content (AvgIpc) is 2.09. The first kappa shape index (κ1) is 9.75. The number of hydrogen-bond donors (Lipinski definition) is 1. The molecule has 2 atom stereocenters. The largest absolute Gasteiger partial charge is 0.311 e. The molecule has 1 rings (SSSR count). The quantitative estimate of drug-likeness (QED) is 0.638. The molecule has 0 aromatic carbocycles. The molecular formula is C10H20N2. The van der Waals surface area contributed by atoms with E-state index in [-0.39, 0.29) is 0 Å². The molecule has 1 aliphatic heterocycles. The molecule has 0 aliphatic carbocycles. The molecule has 2 heteroatoms. The van der Waals surface area contributed by atoms with E-state index in [4.69, 9.17) is 0 Å². The van der Waals surface area contributed by atoms with E-state index in [9.17, 15) is 0 Å². The molecule has 0 radical (unpaired) electrons. The van der Waals surface area contributed by atoms with E-state index >= 15 is 0 Å². The van der Waals surface area contributed by atoms with Gasteiger partial charge in [0, 0.05) is 31.7 Å². The summed E-state index contributed by atoms with van der Waals surface area (Å²) in [7, 11) is 0. The Morgan fingerprint density at radius 3 is 3.00 bits per heavy atom. The van der Waals surface area contributed by atoms with E-state index in [2.05, 4.69) is 30.6 Å². The van der Waals surface area contributed by atoms with E-state index in [1.54, 1.807) is 0 Å². The van der Waals surface area contributed by atoms with Crippen LogP contribution in [0.1, 0.15) is 20.3 Å². The van der Waals surface area contributed by atoms with Gasteiger partial charge in [-0.15, -0.1) is 6.58 Å². The van der Waals surface area contributed by atoms with Crippen molar-refractivity contribution in [1.82, 2.24) is 10.2 Å².